The highest BCUT2D eigenvalue weighted by molar-refractivity contribution is 5.66. The second kappa shape index (κ2) is 4.78. The van der Waals surface area contributed by atoms with Gasteiger partial charge in [0.2, 0.25) is 0 Å². The highest BCUT2D eigenvalue weighted by atomic mass is 16.4. The van der Waals surface area contributed by atoms with E-state index in [1.807, 2.05) is 0 Å². The Balaban J connectivity index is 3.19. The van der Waals surface area contributed by atoms with Gasteiger partial charge in [-0.15, -0.1) is 0 Å². The first-order valence-electron chi connectivity index (χ1n) is 2.97. The summed E-state index contributed by atoms with van der Waals surface area (Å²) in [5.74, 6) is -0.834. The smallest absolute Gasteiger partial charge is 0.311 e. The van der Waals surface area contributed by atoms with E-state index in [0.717, 1.165) is 0 Å². The van der Waals surface area contributed by atoms with Crippen LogP contribution in [0, 0.1) is 0 Å². The van der Waals surface area contributed by atoms with E-state index in [2.05, 4.69) is 0 Å². The van der Waals surface area contributed by atoms with E-state index in [1.54, 1.807) is 13.5 Å². The molecule has 0 aromatic carbocycles. The summed E-state index contributed by atoms with van der Waals surface area (Å²) in [5.41, 5.74) is 0. The molecule has 0 heterocycles. The lowest BCUT2D eigenvalue weighted by Crippen LogP contribution is -2.17. The molecule has 0 fully saturated rings. The summed E-state index contributed by atoms with van der Waals surface area (Å²) < 4.78 is 0. The van der Waals surface area contributed by atoms with Gasteiger partial charge in [-0.25, -0.2) is 0 Å². The molecule has 4 nitrogen and oxygen atoms in total. The van der Waals surface area contributed by atoms with Crippen LogP contribution in [-0.4, -0.2) is 36.0 Å². The lowest BCUT2D eigenvalue weighted by Gasteiger charge is -2.06. The van der Waals surface area contributed by atoms with Crippen LogP contribution >= 0.6 is 0 Å². The quantitative estimate of drug-likeness (QED) is 0.546. The average molecular weight is 144 g/mol. The van der Waals surface area contributed by atoms with Crippen LogP contribution in [0.1, 0.15) is 12.8 Å². The van der Waals surface area contributed by atoms with Crippen LogP contribution in [0.25, 0.3) is 0 Å². The molecule has 1 N–H and O–H groups in total. The van der Waals surface area contributed by atoms with Crippen LogP contribution in [0.5, 0.6) is 0 Å². The number of hydrogen-bond acceptors (Lipinski definition) is 2. The Kier molecular flexibility index (Phi) is 4.28. The van der Waals surface area contributed by atoms with Crippen LogP contribution in [0.3, 0.4) is 0 Å². The topological polar surface area (TPSA) is 57.6 Å². The van der Waals surface area contributed by atoms with E-state index < -0.39 is 5.97 Å². The molecule has 1 radical (unpaired) electrons. The van der Waals surface area contributed by atoms with Crippen molar-refractivity contribution in [2.24, 2.45) is 0 Å². The van der Waals surface area contributed by atoms with Gasteiger partial charge in [0.05, 0.1) is 0 Å². The molecule has 0 unspecified atom stereocenters. The second-order valence-corrected chi connectivity index (χ2v) is 2.01. The van der Waals surface area contributed by atoms with Crippen molar-refractivity contribution < 1.29 is 14.7 Å². The Morgan fingerprint density at radius 2 is 2.30 bits per heavy atom. The van der Waals surface area contributed by atoms with Crippen LogP contribution in [0.2, 0.25) is 0 Å². The van der Waals surface area contributed by atoms with Gasteiger partial charge < -0.3 is 10.0 Å². The molecule has 4 heteroatoms. The Labute approximate surface area is 59.4 Å². The fourth-order valence-corrected chi connectivity index (χ4v) is 0.513. The Morgan fingerprint density at radius 1 is 1.70 bits per heavy atom. The first-order valence-corrected chi connectivity index (χ1v) is 2.97. The Bertz CT molecular complexity index is 124. The predicted molar refractivity (Wildman–Crippen MR) is 35.2 cm³/mol. The molecule has 0 saturated heterocycles. The van der Waals surface area contributed by atoms with E-state index in [0.29, 0.717) is 13.0 Å². The van der Waals surface area contributed by atoms with E-state index in [1.165, 1.54) is 4.90 Å². The summed E-state index contributed by atoms with van der Waals surface area (Å²) in [4.78, 5) is 21.1. The van der Waals surface area contributed by atoms with Crippen LogP contribution in [-0.2, 0) is 9.59 Å². The molecule has 10 heavy (non-hydrogen) atoms. The van der Waals surface area contributed by atoms with Gasteiger partial charge >= 0.3 is 12.4 Å². The summed E-state index contributed by atoms with van der Waals surface area (Å²) in [7, 11) is 1.56. The average Bonchev–Trinajstić information content (AvgIpc) is 1.87. The van der Waals surface area contributed by atoms with Gasteiger partial charge in [-0.1, -0.05) is 0 Å². The van der Waals surface area contributed by atoms with Crippen molar-refractivity contribution in [2.75, 3.05) is 13.6 Å². The number of carbonyl (C=O) groups is 1. The zero-order valence-corrected chi connectivity index (χ0v) is 5.83. The van der Waals surface area contributed by atoms with Crippen molar-refractivity contribution in [1.29, 1.82) is 0 Å². The number of hydrogen-bond donors (Lipinski definition) is 1. The number of aliphatic carboxylic acids is 1. The minimum Gasteiger partial charge on any atom is -0.481 e. The van der Waals surface area contributed by atoms with Crippen LogP contribution < -0.4 is 0 Å². The molecule has 0 aromatic rings. The molecule has 0 rings (SSSR count). The molecule has 0 aliphatic carbocycles. The molecule has 57 valence electrons. The summed E-state index contributed by atoms with van der Waals surface area (Å²) in [6.45, 7) is 0.454. The highest BCUT2D eigenvalue weighted by Crippen LogP contribution is 1.89. The maximum Gasteiger partial charge on any atom is 0.311 e. The monoisotopic (exact) mass is 144 g/mol. The number of rotatable bonds is 5. The first kappa shape index (κ1) is 8.94. The molecule has 0 aliphatic heterocycles. The standard InChI is InChI=1S/C6H10NO3/c1-7(5-8)4-2-3-6(9)10/h2-4H2,1H3,(H,9,10). The zero-order valence-electron chi connectivity index (χ0n) is 5.83. The first-order chi connectivity index (χ1) is 4.66. The summed E-state index contributed by atoms with van der Waals surface area (Å²) in [6, 6.07) is 0. The third-order valence-corrected chi connectivity index (χ3v) is 1.04. The fraction of sp³-hybridized carbons (Fsp3) is 0.667. The third-order valence-electron chi connectivity index (χ3n) is 1.04. The molecule has 0 spiro atoms. The number of nitrogens with zero attached hydrogens (tertiary/aromatic N) is 1. The van der Waals surface area contributed by atoms with E-state index in [-0.39, 0.29) is 6.42 Å². The van der Waals surface area contributed by atoms with Crippen LogP contribution in [0.15, 0.2) is 0 Å². The number of carbonyl (C=O) groups excluding carboxylic acids is 1. The SMILES string of the molecule is CN([C]=O)CCCC(=O)O. The van der Waals surface area contributed by atoms with Crippen molar-refractivity contribution in [3.8, 4) is 0 Å². The molecular formula is C6H10NO3. The summed E-state index contributed by atoms with van der Waals surface area (Å²) in [5, 5.41) is 8.18. The maximum absolute atomic E-state index is 9.95. The molecule has 0 aromatic heterocycles. The normalized spacial score (nSPS) is 8.90. The van der Waals surface area contributed by atoms with Gasteiger partial charge in [0.15, 0.2) is 0 Å². The number of carboxylic acid groups (broad SMARTS) is 1. The molecule has 0 aliphatic rings. The van der Waals surface area contributed by atoms with Crippen molar-refractivity contribution in [3.63, 3.8) is 0 Å². The van der Waals surface area contributed by atoms with Gasteiger partial charge in [-0.3, -0.25) is 9.59 Å². The third kappa shape index (κ3) is 5.08. The fourth-order valence-electron chi connectivity index (χ4n) is 0.513. The molecule has 1 amide bonds. The highest BCUT2D eigenvalue weighted by Gasteiger charge is 1.98. The minimum absolute atomic E-state index is 0.103. The zero-order chi connectivity index (χ0) is 7.98. The Hall–Kier alpha value is -1.06. The van der Waals surface area contributed by atoms with Crippen molar-refractivity contribution in [1.82, 2.24) is 4.90 Å². The minimum atomic E-state index is -0.834. The van der Waals surface area contributed by atoms with Gasteiger partial charge in [0.1, 0.15) is 0 Å². The van der Waals surface area contributed by atoms with Gasteiger partial charge in [0.25, 0.3) is 0 Å². The lowest BCUT2D eigenvalue weighted by atomic mass is 10.3. The second-order valence-electron chi connectivity index (χ2n) is 2.01. The van der Waals surface area contributed by atoms with Gasteiger partial charge in [-0.05, 0) is 6.42 Å². The molecule has 0 bridgehead atoms. The Morgan fingerprint density at radius 3 is 2.70 bits per heavy atom. The molecule has 0 atom stereocenters. The lowest BCUT2D eigenvalue weighted by molar-refractivity contribution is -0.137. The number of amides is 1. The summed E-state index contributed by atoms with van der Waals surface area (Å²) >= 11 is 0. The summed E-state index contributed by atoms with van der Waals surface area (Å²) in [6.07, 6.45) is 2.22. The van der Waals surface area contributed by atoms with Crippen molar-refractivity contribution >= 4 is 12.4 Å². The van der Waals surface area contributed by atoms with E-state index >= 15 is 0 Å². The largest absolute Gasteiger partial charge is 0.481 e. The van der Waals surface area contributed by atoms with E-state index in [9.17, 15) is 9.59 Å². The molecule has 0 saturated carbocycles. The van der Waals surface area contributed by atoms with Crippen molar-refractivity contribution in [2.45, 2.75) is 12.8 Å². The maximum atomic E-state index is 9.95. The predicted octanol–water partition coefficient (Wildman–Crippen LogP) is -0.150. The van der Waals surface area contributed by atoms with E-state index in [4.69, 9.17) is 5.11 Å². The van der Waals surface area contributed by atoms with Crippen LogP contribution in [0.4, 0.5) is 0 Å². The van der Waals surface area contributed by atoms with Gasteiger partial charge in [0, 0.05) is 20.0 Å². The van der Waals surface area contributed by atoms with Crippen molar-refractivity contribution in [3.05, 3.63) is 0 Å². The molecular weight excluding hydrogens is 134 g/mol. The van der Waals surface area contributed by atoms with Gasteiger partial charge in [-0.2, -0.15) is 0 Å². The number of carboxylic acids is 1.